The van der Waals surface area contributed by atoms with Crippen molar-refractivity contribution in [2.24, 2.45) is 5.92 Å². The summed E-state index contributed by atoms with van der Waals surface area (Å²) >= 11 is 0. The van der Waals surface area contributed by atoms with Gasteiger partial charge in [0.2, 0.25) is 11.8 Å². The van der Waals surface area contributed by atoms with E-state index >= 15 is 0 Å². The summed E-state index contributed by atoms with van der Waals surface area (Å²) in [5, 5.41) is 11.2. The summed E-state index contributed by atoms with van der Waals surface area (Å²) in [5.41, 5.74) is 0.546. The molecule has 2 N–H and O–H groups in total. The van der Waals surface area contributed by atoms with Gasteiger partial charge >= 0.3 is 5.97 Å². The summed E-state index contributed by atoms with van der Waals surface area (Å²) in [5.74, 6) is -1.35. The van der Waals surface area contributed by atoms with Crippen LogP contribution < -0.4 is 19.7 Å². The number of hydrogen-bond donors (Lipinski definition) is 2. The zero-order valence-electron chi connectivity index (χ0n) is 13.7. The van der Waals surface area contributed by atoms with Crippen LogP contribution in [0.1, 0.15) is 13.3 Å². The molecule has 1 aromatic carbocycles. The average molecular weight is 336 g/mol. The largest absolute Gasteiger partial charge is 0.497 e. The van der Waals surface area contributed by atoms with Gasteiger partial charge in [0.1, 0.15) is 17.5 Å². The third kappa shape index (κ3) is 3.58. The number of hydrogen-bond acceptors (Lipinski definition) is 5. The summed E-state index contributed by atoms with van der Waals surface area (Å²) < 4.78 is 10.4. The number of ether oxygens (including phenoxy) is 2. The van der Waals surface area contributed by atoms with Crippen molar-refractivity contribution in [3.8, 4) is 11.5 Å². The molecule has 1 unspecified atom stereocenters. The van der Waals surface area contributed by atoms with Gasteiger partial charge in [0.15, 0.2) is 0 Å². The number of carbonyl (C=O) groups is 3. The third-order valence-electron chi connectivity index (χ3n) is 3.90. The van der Waals surface area contributed by atoms with Gasteiger partial charge in [-0.1, -0.05) is 0 Å². The molecule has 1 heterocycles. The summed E-state index contributed by atoms with van der Waals surface area (Å²) in [7, 11) is 3.01. The molecule has 1 fully saturated rings. The molecular formula is C16H20N2O6. The Morgan fingerprint density at radius 1 is 1.33 bits per heavy atom. The molecule has 0 aromatic heterocycles. The van der Waals surface area contributed by atoms with Crippen molar-refractivity contribution >= 4 is 23.5 Å². The van der Waals surface area contributed by atoms with Crippen LogP contribution >= 0.6 is 0 Å². The van der Waals surface area contributed by atoms with E-state index in [2.05, 4.69) is 5.32 Å². The van der Waals surface area contributed by atoms with E-state index in [0.717, 1.165) is 0 Å². The highest BCUT2D eigenvalue weighted by molar-refractivity contribution is 6.01. The van der Waals surface area contributed by atoms with Crippen molar-refractivity contribution in [3.63, 3.8) is 0 Å². The van der Waals surface area contributed by atoms with Gasteiger partial charge < -0.3 is 24.8 Å². The van der Waals surface area contributed by atoms with Crippen molar-refractivity contribution in [1.29, 1.82) is 0 Å². The van der Waals surface area contributed by atoms with Gasteiger partial charge in [0.05, 0.1) is 25.8 Å². The standard InChI is InChI=1S/C16H20N2O6/c1-9(16(21)22)17-15(20)10-6-14(19)18(8-10)12-5-4-11(23-2)7-13(12)24-3/h4-5,7,9-10H,6,8H2,1-3H3,(H,17,20)(H,21,22)/t9-,10?/m0/s1. The lowest BCUT2D eigenvalue weighted by molar-refractivity contribution is -0.141. The fourth-order valence-corrected chi connectivity index (χ4v) is 2.52. The van der Waals surface area contributed by atoms with Gasteiger partial charge in [-0.3, -0.25) is 14.4 Å². The number of anilines is 1. The first-order valence-electron chi connectivity index (χ1n) is 7.43. The molecule has 24 heavy (non-hydrogen) atoms. The van der Waals surface area contributed by atoms with Crippen molar-refractivity contribution in [2.45, 2.75) is 19.4 Å². The Labute approximate surface area is 139 Å². The number of methoxy groups -OCH3 is 2. The maximum Gasteiger partial charge on any atom is 0.325 e. The van der Waals surface area contributed by atoms with E-state index in [0.29, 0.717) is 17.2 Å². The molecule has 1 saturated heterocycles. The lowest BCUT2D eigenvalue weighted by Crippen LogP contribution is -2.42. The second-order valence-electron chi connectivity index (χ2n) is 5.51. The summed E-state index contributed by atoms with van der Waals surface area (Å²) in [4.78, 5) is 36.7. The molecular weight excluding hydrogens is 316 g/mol. The molecule has 2 amide bonds. The second-order valence-corrected chi connectivity index (χ2v) is 5.51. The number of nitrogens with one attached hydrogen (secondary N) is 1. The van der Waals surface area contributed by atoms with Crippen molar-refractivity contribution in [3.05, 3.63) is 18.2 Å². The molecule has 0 spiro atoms. The Balaban J connectivity index is 2.15. The Bertz CT molecular complexity index is 660. The van der Waals surface area contributed by atoms with E-state index < -0.39 is 23.8 Å². The predicted octanol–water partition coefficient (Wildman–Crippen LogP) is 0.646. The predicted molar refractivity (Wildman–Crippen MR) is 85.2 cm³/mol. The number of carboxylic acid groups (broad SMARTS) is 1. The van der Waals surface area contributed by atoms with Crippen LogP contribution in [0, 0.1) is 5.92 Å². The minimum Gasteiger partial charge on any atom is -0.497 e. The van der Waals surface area contributed by atoms with Crippen LogP contribution in [-0.4, -0.2) is 49.7 Å². The van der Waals surface area contributed by atoms with E-state index in [4.69, 9.17) is 14.6 Å². The highest BCUT2D eigenvalue weighted by atomic mass is 16.5. The molecule has 8 heteroatoms. The number of benzene rings is 1. The second kappa shape index (κ2) is 7.20. The molecule has 0 saturated carbocycles. The first-order valence-corrected chi connectivity index (χ1v) is 7.43. The van der Waals surface area contributed by atoms with Crippen molar-refractivity contribution in [1.82, 2.24) is 5.32 Å². The number of aliphatic carboxylic acids is 1. The smallest absolute Gasteiger partial charge is 0.325 e. The third-order valence-corrected chi connectivity index (χ3v) is 3.90. The molecule has 1 aliphatic rings. The Kier molecular flexibility index (Phi) is 5.28. The van der Waals surface area contributed by atoms with Crippen LogP contribution in [0.25, 0.3) is 0 Å². The number of nitrogens with zero attached hydrogens (tertiary/aromatic N) is 1. The van der Waals surface area contributed by atoms with E-state index in [1.807, 2.05) is 0 Å². The highest BCUT2D eigenvalue weighted by Gasteiger charge is 2.37. The lowest BCUT2D eigenvalue weighted by atomic mass is 10.1. The number of carboxylic acids is 1. The quantitative estimate of drug-likeness (QED) is 0.790. The Hall–Kier alpha value is -2.77. The SMILES string of the molecule is COc1ccc(N2CC(C(=O)N[C@@H](C)C(=O)O)CC2=O)c(OC)c1. The van der Waals surface area contributed by atoms with Gasteiger partial charge in [0, 0.05) is 19.0 Å². The van der Waals surface area contributed by atoms with Crippen LogP contribution in [0.15, 0.2) is 18.2 Å². The van der Waals surface area contributed by atoms with E-state index in [1.54, 1.807) is 18.2 Å². The minimum atomic E-state index is -1.12. The number of rotatable bonds is 6. The van der Waals surface area contributed by atoms with Gasteiger partial charge in [-0.25, -0.2) is 0 Å². The monoisotopic (exact) mass is 336 g/mol. The van der Waals surface area contributed by atoms with Crippen LogP contribution in [0.4, 0.5) is 5.69 Å². The molecule has 2 rings (SSSR count). The Morgan fingerprint density at radius 3 is 2.62 bits per heavy atom. The first kappa shape index (κ1) is 17.6. The summed E-state index contributed by atoms with van der Waals surface area (Å²) in [6.07, 6.45) is 0.0212. The molecule has 0 bridgehead atoms. The number of amides is 2. The molecule has 0 aliphatic carbocycles. The van der Waals surface area contributed by atoms with Gasteiger partial charge in [-0.15, -0.1) is 0 Å². The van der Waals surface area contributed by atoms with Gasteiger partial charge in [-0.2, -0.15) is 0 Å². The molecule has 0 radical (unpaired) electrons. The van der Waals surface area contributed by atoms with Crippen LogP contribution in [-0.2, 0) is 14.4 Å². The zero-order valence-corrected chi connectivity index (χ0v) is 13.7. The summed E-state index contributed by atoms with van der Waals surface area (Å²) in [6, 6.07) is 4.04. The van der Waals surface area contributed by atoms with Gasteiger partial charge in [-0.05, 0) is 19.1 Å². The lowest BCUT2D eigenvalue weighted by Gasteiger charge is -2.20. The van der Waals surface area contributed by atoms with E-state index in [9.17, 15) is 14.4 Å². The normalized spacial score (nSPS) is 18.2. The fraction of sp³-hybridized carbons (Fsp3) is 0.438. The maximum absolute atomic E-state index is 12.3. The highest BCUT2D eigenvalue weighted by Crippen LogP contribution is 2.35. The molecule has 130 valence electrons. The molecule has 2 atom stereocenters. The van der Waals surface area contributed by atoms with Crippen molar-refractivity contribution < 1.29 is 29.0 Å². The maximum atomic E-state index is 12.3. The van der Waals surface area contributed by atoms with E-state index in [-0.39, 0.29) is 18.9 Å². The van der Waals surface area contributed by atoms with E-state index in [1.165, 1.54) is 26.0 Å². The fourth-order valence-electron chi connectivity index (χ4n) is 2.52. The molecule has 8 nitrogen and oxygen atoms in total. The van der Waals surface area contributed by atoms with Crippen LogP contribution in [0.2, 0.25) is 0 Å². The average Bonchev–Trinajstić information content (AvgIpc) is 2.95. The molecule has 1 aliphatic heterocycles. The Morgan fingerprint density at radius 2 is 2.04 bits per heavy atom. The van der Waals surface area contributed by atoms with Crippen LogP contribution in [0.3, 0.4) is 0 Å². The molecule has 1 aromatic rings. The van der Waals surface area contributed by atoms with Gasteiger partial charge in [0.25, 0.3) is 0 Å². The van der Waals surface area contributed by atoms with Crippen molar-refractivity contribution in [2.75, 3.05) is 25.7 Å². The first-order chi connectivity index (χ1) is 11.4. The van der Waals surface area contributed by atoms with Crippen LogP contribution in [0.5, 0.6) is 11.5 Å². The number of carbonyl (C=O) groups excluding carboxylic acids is 2. The minimum absolute atomic E-state index is 0.0212. The topological polar surface area (TPSA) is 105 Å². The summed E-state index contributed by atoms with van der Waals surface area (Å²) in [6.45, 7) is 1.54. The zero-order chi connectivity index (χ0) is 17.9.